The van der Waals surface area contributed by atoms with Crippen molar-refractivity contribution in [3.05, 3.63) is 29.8 Å². The Morgan fingerprint density at radius 3 is 2.50 bits per heavy atom. The number of rotatable bonds is 6. The number of benzene rings is 1. The highest BCUT2D eigenvalue weighted by Gasteiger charge is 1.92. The van der Waals surface area contributed by atoms with Gasteiger partial charge in [-0.25, -0.2) is 0 Å². The first-order chi connectivity index (χ1) is 6.83. The van der Waals surface area contributed by atoms with Crippen LogP contribution in [0.3, 0.4) is 0 Å². The zero-order valence-electron chi connectivity index (χ0n) is 8.79. The van der Waals surface area contributed by atoms with Gasteiger partial charge in [0.05, 0.1) is 0 Å². The molecule has 0 heterocycles. The fourth-order valence-electron chi connectivity index (χ4n) is 1.35. The lowest BCUT2D eigenvalue weighted by atomic mass is 10.2. The number of aromatic hydroxyl groups is 1. The van der Waals surface area contributed by atoms with Crippen LogP contribution in [0.2, 0.25) is 0 Å². The summed E-state index contributed by atoms with van der Waals surface area (Å²) in [5, 5.41) is 12.5. The summed E-state index contributed by atoms with van der Waals surface area (Å²) >= 11 is 0. The fraction of sp³-hybridized carbons (Fsp3) is 0.500. The molecule has 0 aromatic heterocycles. The Kier molecular flexibility index (Phi) is 5.08. The van der Waals surface area contributed by atoms with E-state index < -0.39 is 0 Å². The molecular formula is C12H19NO. The molecule has 0 unspecified atom stereocenters. The molecule has 1 aromatic carbocycles. The van der Waals surface area contributed by atoms with E-state index in [9.17, 15) is 0 Å². The summed E-state index contributed by atoms with van der Waals surface area (Å²) in [6.07, 6.45) is 3.80. The van der Waals surface area contributed by atoms with Crippen LogP contribution in [0.25, 0.3) is 0 Å². The van der Waals surface area contributed by atoms with Crippen molar-refractivity contribution in [1.82, 2.24) is 5.32 Å². The highest BCUT2D eigenvalue weighted by atomic mass is 16.3. The van der Waals surface area contributed by atoms with Gasteiger partial charge in [0.2, 0.25) is 0 Å². The minimum absolute atomic E-state index is 0.333. The molecule has 2 N–H and O–H groups in total. The third-order valence-electron chi connectivity index (χ3n) is 2.22. The summed E-state index contributed by atoms with van der Waals surface area (Å²) in [5.41, 5.74) is 1.22. The molecule has 78 valence electrons. The van der Waals surface area contributed by atoms with E-state index in [0.717, 1.165) is 13.1 Å². The molecule has 0 radical (unpaired) electrons. The quantitative estimate of drug-likeness (QED) is 0.681. The van der Waals surface area contributed by atoms with E-state index in [1.807, 2.05) is 12.1 Å². The van der Waals surface area contributed by atoms with Crippen molar-refractivity contribution in [2.45, 2.75) is 32.7 Å². The van der Waals surface area contributed by atoms with Crippen LogP contribution >= 0.6 is 0 Å². The van der Waals surface area contributed by atoms with Crippen LogP contribution in [0, 0.1) is 0 Å². The zero-order valence-corrected chi connectivity index (χ0v) is 8.79. The Balaban J connectivity index is 2.15. The van der Waals surface area contributed by atoms with Gasteiger partial charge < -0.3 is 10.4 Å². The second-order valence-electron chi connectivity index (χ2n) is 3.55. The Morgan fingerprint density at radius 2 is 1.86 bits per heavy atom. The number of phenols is 1. The van der Waals surface area contributed by atoms with E-state index in [4.69, 9.17) is 5.11 Å². The molecule has 0 aliphatic heterocycles. The summed E-state index contributed by atoms with van der Waals surface area (Å²) in [7, 11) is 0. The largest absolute Gasteiger partial charge is 0.508 e. The predicted molar refractivity (Wildman–Crippen MR) is 59.3 cm³/mol. The molecular weight excluding hydrogens is 174 g/mol. The summed E-state index contributed by atoms with van der Waals surface area (Å²) in [4.78, 5) is 0. The topological polar surface area (TPSA) is 32.3 Å². The molecule has 0 aliphatic carbocycles. The van der Waals surface area contributed by atoms with Crippen molar-refractivity contribution in [3.63, 3.8) is 0 Å². The van der Waals surface area contributed by atoms with Gasteiger partial charge in [0, 0.05) is 6.54 Å². The van der Waals surface area contributed by atoms with Gasteiger partial charge in [-0.1, -0.05) is 31.9 Å². The maximum atomic E-state index is 9.08. The van der Waals surface area contributed by atoms with Crippen LogP contribution < -0.4 is 5.32 Å². The summed E-state index contributed by atoms with van der Waals surface area (Å²) < 4.78 is 0. The van der Waals surface area contributed by atoms with E-state index in [2.05, 4.69) is 12.2 Å². The van der Waals surface area contributed by atoms with Gasteiger partial charge in [-0.15, -0.1) is 0 Å². The van der Waals surface area contributed by atoms with Crippen molar-refractivity contribution in [3.8, 4) is 5.75 Å². The van der Waals surface area contributed by atoms with Crippen molar-refractivity contribution in [2.75, 3.05) is 6.54 Å². The molecule has 0 bridgehead atoms. The number of hydrogen-bond donors (Lipinski definition) is 2. The minimum Gasteiger partial charge on any atom is -0.508 e. The second kappa shape index (κ2) is 6.44. The number of hydrogen-bond acceptors (Lipinski definition) is 2. The number of unbranched alkanes of at least 4 members (excludes halogenated alkanes) is 2. The Labute approximate surface area is 86.0 Å². The molecule has 0 atom stereocenters. The van der Waals surface area contributed by atoms with E-state index in [1.54, 1.807) is 12.1 Å². The third-order valence-corrected chi connectivity index (χ3v) is 2.22. The molecule has 0 spiro atoms. The van der Waals surface area contributed by atoms with Gasteiger partial charge >= 0.3 is 0 Å². The van der Waals surface area contributed by atoms with E-state index >= 15 is 0 Å². The smallest absolute Gasteiger partial charge is 0.115 e. The Morgan fingerprint density at radius 1 is 1.14 bits per heavy atom. The normalized spacial score (nSPS) is 10.4. The van der Waals surface area contributed by atoms with E-state index in [1.165, 1.54) is 24.8 Å². The molecule has 0 amide bonds. The summed E-state index contributed by atoms with van der Waals surface area (Å²) in [6.45, 7) is 4.18. The molecule has 0 fully saturated rings. The Hall–Kier alpha value is -1.02. The van der Waals surface area contributed by atoms with E-state index in [-0.39, 0.29) is 0 Å². The summed E-state index contributed by atoms with van der Waals surface area (Å²) in [6, 6.07) is 7.34. The van der Waals surface area contributed by atoms with Crippen molar-refractivity contribution < 1.29 is 5.11 Å². The Bertz CT molecular complexity index is 243. The van der Waals surface area contributed by atoms with Gasteiger partial charge in [0.15, 0.2) is 0 Å². The second-order valence-corrected chi connectivity index (χ2v) is 3.55. The van der Waals surface area contributed by atoms with Crippen molar-refractivity contribution in [2.24, 2.45) is 0 Å². The van der Waals surface area contributed by atoms with Crippen LogP contribution in [0.5, 0.6) is 5.75 Å². The summed E-state index contributed by atoms with van der Waals surface area (Å²) in [5.74, 6) is 0.333. The number of nitrogens with one attached hydrogen (secondary N) is 1. The fourth-order valence-corrected chi connectivity index (χ4v) is 1.35. The molecule has 14 heavy (non-hydrogen) atoms. The van der Waals surface area contributed by atoms with Gasteiger partial charge in [0.1, 0.15) is 5.75 Å². The SMILES string of the molecule is CCCCCNCc1ccc(O)cc1. The molecule has 0 saturated heterocycles. The monoisotopic (exact) mass is 193 g/mol. The third kappa shape index (κ3) is 4.28. The molecule has 0 saturated carbocycles. The van der Waals surface area contributed by atoms with Crippen LogP contribution in [0.15, 0.2) is 24.3 Å². The first-order valence-electron chi connectivity index (χ1n) is 5.31. The molecule has 1 aromatic rings. The average molecular weight is 193 g/mol. The predicted octanol–water partition coefficient (Wildman–Crippen LogP) is 2.67. The lowest BCUT2D eigenvalue weighted by molar-refractivity contribution is 0.475. The van der Waals surface area contributed by atoms with Crippen LogP contribution in [0.1, 0.15) is 31.7 Å². The van der Waals surface area contributed by atoms with E-state index in [0.29, 0.717) is 5.75 Å². The maximum Gasteiger partial charge on any atom is 0.115 e. The highest BCUT2D eigenvalue weighted by Crippen LogP contribution is 2.09. The van der Waals surface area contributed by atoms with Crippen molar-refractivity contribution in [1.29, 1.82) is 0 Å². The van der Waals surface area contributed by atoms with Gasteiger partial charge in [0.25, 0.3) is 0 Å². The first kappa shape index (κ1) is 11.1. The average Bonchev–Trinajstić information content (AvgIpc) is 2.21. The van der Waals surface area contributed by atoms with Gasteiger partial charge in [-0.3, -0.25) is 0 Å². The zero-order chi connectivity index (χ0) is 10.2. The van der Waals surface area contributed by atoms with Crippen LogP contribution in [-0.4, -0.2) is 11.7 Å². The van der Waals surface area contributed by atoms with Crippen LogP contribution in [0.4, 0.5) is 0 Å². The van der Waals surface area contributed by atoms with Gasteiger partial charge in [-0.05, 0) is 30.7 Å². The number of phenolic OH excluding ortho intramolecular Hbond substituents is 1. The van der Waals surface area contributed by atoms with Crippen molar-refractivity contribution >= 4 is 0 Å². The molecule has 1 rings (SSSR count). The first-order valence-corrected chi connectivity index (χ1v) is 5.31. The minimum atomic E-state index is 0.333. The standard InChI is InChI=1S/C12H19NO/c1-2-3-4-9-13-10-11-5-7-12(14)8-6-11/h5-8,13-14H,2-4,9-10H2,1H3. The molecule has 2 nitrogen and oxygen atoms in total. The molecule has 0 aliphatic rings. The van der Waals surface area contributed by atoms with Crippen LogP contribution in [-0.2, 0) is 6.54 Å². The highest BCUT2D eigenvalue weighted by molar-refractivity contribution is 5.25. The maximum absolute atomic E-state index is 9.08. The lowest BCUT2D eigenvalue weighted by Crippen LogP contribution is -2.14. The molecule has 2 heteroatoms. The van der Waals surface area contributed by atoms with Gasteiger partial charge in [-0.2, -0.15) is 0 Å². The lowest BCUT2D eigenvalue weighted by Gasteiger charge is -2.04.